The summed E-state index contributed by atoms with van der Waals surface area (Å²) in [5, 5.41) is 10.4. The van der Waals surface area contributed by atoms with Gasteiger partial charge >= 0.3 is 0 Å². The van der Waals surface area contributed by atoms with Crippen molar-refractivity contribution < 1.29 is 4.79 Å². The second-order valence-electron chi connectivity index (χ2n) is 4.01. The first-order valence-corrected chi connectivity index (χ1v) is 5.82. The number of nitrogens with one attached hydrogen (secondary N) is 1. The van der Waals surface area contributed by atoms with Crippen LogP contribution < -0.4 is 5.32 Å². The number of halogens is 1. The smallest absolute Gasteiger partial charge is 0.276 e. The van der Waals surface area contributed by atoms with Gasteiger partial charge in [0, 0.05) is 5.69 Å². The van der Waals surface area contributed by atoms with Gasteiger partial charge in [-0.15, -0.1) is 10.2 Å². The molecule has 1 aromatic heterocycles. The van der Waals surface area contributed by atoms with Gasteiger partial charge in [0.1, 0.15) is 0 Å². The van der Waals surface area contributed by atoms with Crippen molar-refractivity contribution in [3.05, 3.63) is 52.3 Å². The summed E-state index contributed by atoms with van der Waals surface area (Å²) in [6, 6.07) is 8.88. The van der Waals surface area contributed by atoms with Crippen molar-refractivity contribution in [1.29, 1.82) is 0 Å². The zero-order valence-corrected chi connectivity index (χ0v) is 10.8. The molecular weight excluding hydrogens is 250 g/mol. The molecule has 0 bridgehead atoms. The van der Waals surface area contributed by atoms with E-state index in [1.807, 2.05) is 32.0 Å². The number of hydrogen-bond donors (Lipinski definition) is 1. The third kappa shape index (κ3) is 2.84. The Kier molecular flexibility index (Phi) is 3.58. The predicted molar refractivity (Wildman–Crippen MR) is 70.9 cm³/mol. The molecule has 2 rings (SSSR count). The van der Waals surface area contributed by atoms with E-state index in [9.17, 15) is 4.79 Å². The van der Waals surface area contributed by atoms with Gasteiger partial charge in [-0.25, -0.2) is 0 Å². The Hall–Kier alpha value is -1.94. The first kappa shape index (κ1) is 12.5. The lowest BCUT2D eigenvalue weighted by Gasteiger charge is -2.08. The number of carbonyl (C=O) groups excluding carboxylic acids is 1. The molecule has 1 aromatic carbocycles. The van der Waals surface area contributed by atoms with E-state index in [0.29, 0.717) is 0 Å². The van der Waals surface area contributed by atoms with Crippen molar-refractivity contribution >= 4 is 23.2 Å². The monoisotopic (exact) mass is 261 g/mol. The van der Waals surface area contributed by atoms with Crippen molar-refractivity contribution in [3.63, 3.8) is 0 Å². The highest BCUT2D eigenvalue weighted by Crippen LogP contribution is 2.16. The number of benzene rings is 1. The number of aryl methyl sites for hydroxylation is 2. The van der Waals surface area contributed by atoms with Crippen molar-refractivity contribution in [3.8, 4) is 0 Å². The van der Waals surface area contributed by atoms with Crippen molar-refractivity contribution in [2.75, 3.05) is 5.32 Å². The summed E-state index contributed by atoms with van der Waals surface area (Å²) in [6.07, 6.45) is 0. The zero-order chi connectivity index (χ0) is 13.1. The molecule has 0 aliphatic rings. The average Bonchev–Trinajstić information content (AvgIpc) is 2.33. The van der Waals surface area contributed by atoms with Gasteiger partial charge in [-0.05, 0) is 37.6 Å². The highest BCUT2D eigenvalue weighted by molar-refractivity contribution is 6.29. The first-order chi connectivity index (χ1) is 8.56. The van der Waals surface area contributed by atoms with Crippen LogP contribution >= 0.6 is 11.6 Å². The molecular formula is C13H12ClN3O. The molecule has 0 fully saturated rings. The van der Waals surface area contributed by atoms with Gasteiger partial charge in [0.15, 0.2) is 10.8 Å². The minimum absolute atomic E-state index is 0.236. The van der Waals surface area contributed by atoms with Gasteiger partial charge in [-0.1, -0.05) is 29.3 Å². The Morgan fingerprint density at radius 2 is 1.94 bits per heavy atom. The average molecular weight is 262 g/mol. The highest BCUT2D eigenvalue weighted by Gasteiger charge is 2.09. The number of hydrogen-bond acceptors (Lipinski definition) is 3. The number of carbonyl (C=O) groups is 1. The number of aromatic nitrogens is 2. The molecule has 0 saturated carbocycles. The number of nitrogens with zero attached hydrogens (tertiary/aromatic N) is 2. The molecule has 18 heavy (non-hydrogen) atoms. The van der Waals surface area contributed by atoms with Crippen LogP contribution in [0.5, 0.6) is 0 Å². The van der Waals surface area contributed by atoms with E-state index < -0.39 is 0 Å². The zero-order valence-electron chi connectivity index (χ0n) is 10.1. The Bertz CT molecular complexity index is 581. The van der Waals surface area contributed by atoms with Crippen LogP contribution in [-0.2, 0) is 0 Å². The standard InChI is InChI=1S/C13H12ClN3O/c1-8-3-4-10(9(2)7-8)15-13(18)11-5-6-12(14)17-16-11/h3-7H,1-2H3,(H,15,18). The Morgan fingerprint density at radius 1 is 1.17 bits per heavy atom. The van der Waals surface area contributed by atoms with Gasteiger partial charge in [0.05, 0.1) is 0 Å². The summed E-state index contributed by atoms with van der Waals surface area (Å²) in [7, 11) is 0. The fourth-order valence-corrected chi connectivity index (χ4v) is 1.68. The molecule has 0 unspecified atom stereocenters. The quantitative estimate of drug-likeness (QED) is 0.904. The normalized spacial score (nSPS) is 10.2. The molecule has 0 atom stereocenters. The van der Waals surface area contributed by atoms with Crippen LogP contribution in [0.4, 0.5) is 5.69 Å². The molecule has 0 spiro atoms. The topological polar surface area (TPSA) is 54.9 Å². The minimum atomic E-state index is -0.300. The molecule has 1 N–H and O–H groups in total. The van der Waals surface area contributed by atoms with E-state index in [1.54, 1.807) is 0 Å². The summed E-state index contributed by atoms with van der Waals surface area (Å²) >= 11 is 5.61. The number of anilines is 1. The molecule has 0 radical (unpaired) electrons. The van der Waals surface area contributed by atoms with Crippen LogP contribution in [0.1, 0.15) is 21.6 Å². The van der Waals surface area contributed by atoms with E-state index in [2.05, 4.69) is 15.5 Å². The lowest BCUT2D eigenvalue weighted by atomic mass is 10.1. The maximum absolute atomic E-state index is 11.9. The van der Waals surface area contributed by atoms with Gasteiger partial charge in [-0.3, -0.25) is 4.79 Å². The van der Waals surface area contributed by atoms with Gasteiger partial charge in [0.25, 0.3) is 5.91 Å². The maximum atomic E-state index is 11.9. The summed E-state index contributed by atoms with van der Waals surface area (Å²) in [6.45, 7) is 3.94. The first-order valence-electron chi connectivity index (χ1n) is 5.44. The highest BCUT2D eigenvalue weighted by atomic mass is 35.5. The van der Waals surface area contributed by atoms with Crippen LogP contribution in [0.15, 0.2) is 30.3 Å². The fourth-order valence-electron chi connectivity index (χ4n) is 1.58. The molecule has 0 saturated heterocycles. The molecule has 0 aliphatic heterocycles. The summed E-state index contributed by atoms with van der Waals surface area (Å²) in [5.74, 6) is -0.300. The third-order valence-corrected chi connectivity index (χ3v) is 2.70. The van der Waals surface area contributed by atoms with Crippen LogP contribution in [0.25, 0.3) is 0 Å². The van der Waals surface area contributed by atoms with Crippen LogP contribution in [0.3, 0.4) is 0 Å². The maximum Gasteiger partial charge on any atom is 0.276 e. The molecule has 2 aromatic rings. The van der Waals surface area contributed by atoms with E-state index in [0.717, 1.165) is 16.8 Å². The van der Waals surface area contributed by atoms with Gasteiger partial charge in [-0.2, -0.15) is 0 Å². The Balaban J connectivity index is 2.18. The number of rotatable bonds is 2. The molecule has 0 aliphatic carbocycles. The molecule has 4 nitrogen and oxygen atoms in total. The Morgan fingerprint density at radius 3 is 2.56 bits per heavy atom. The van der Waals surface area contributed by atoms with E-state index in [-0.39, 0.29) is 16.8 Å². The van der Waals surface area contributed by atoms with Crippen molar-refractivity contribution in [2.45, 2.75) is 13.8 Å². The van der Waals surface area contributed by atoms with E-state index in [4.69, 9.17) is 11.6 Å². The van der Waals surface area contributed by atoms with E-state index >= 15 is 0 Å². The summed E-state index contributed by atoms with van der Waals surface area (Å²) in [5.41, 5.74) is 3.16. The van der Waals surface area contributed by atoms with E-state index in [1.165, 1.54) is 12.1 Å². The molecule has 1 amide bonds. The minimum Gasteiger partial charge on any atom is -0.320 e. The Labute approximate surface area is 110 Å². The van der Waals surface area contributed by atoms with Gasteiger partial charge in [0.2, 0.25) is 0 Å². The lowest BCUT2D eigenvalue weighted by Crippen LogP contribution is -2.15. The lowest BCUT2D eigenvalue weighted by molar-refractivity contribution is 0.102. The number of amides is 1. The van der Waals surface area contributed by atoms with Gasteiger partial charge < -0.3 is 5.32 Å². The second kappa shape index (κ2) is 5.14. The second-order valence-corrected chi connectivity index (χ2v) is 4.40. The third-order valence-electron chi connectivity index (χ3n) is 2.49. The van der Waals surface area contributed by atoms with Crippen LogP contribution in [0.2, 0.25) is 5.15 Å². The predicted octanol–water partition coefficient (Wildman–Crippen LogP) is 3.00. The molecule has 1 heterocycles. The SMILES string of the molecule is Cc1ccc(NC(=O)c2ccc(Cl)nn2)c(C)c1. The van der Waals surface area contributed by atoms with Crippen LogP contribution in [0, 0.1) is 13.8 Å². The molecule has 92 valence electrons. The summed E-state index contributed by atoms with van der Waals surface area (Å²) in [4.78, 5) is 11.9. The van der Waals surface area contributed by atoms with Crippen LogP contribution in [-0.4, -0.2) is 16.1 Å². The molecule has 5 heteroatoms. The van der Waals surface area contributed by atoms with Crippen molar-refractivity contribution in [2.24, 2.45) is 0 Å². The fraction of sp³-hybridized carbons (Fsp3) is 0.154. The van der Waals surface area contributed by atoms with Crippen molar-refractivity contribution in [1.82, 2.24) is 10.2 Å². The summed E-state index contributed by atoms with van der Waals surface area (Å²) < 4.78 is 0. The largest absolute Gasteiger partial charge is 0.320 e.